The molecule has 1 amide bonds. The molecular formula is C18H21N3O4. The third kappa shape index (κ3) is 3.71. The van der Waals surface area contributed by atoms with Gasteiger partial charge in [0.15, 0.2) is 0 Å². The molecule has 0 aliphatic heterocycles. The van der Waals surface area contributed by atoms with Crippen LogP contribution < -0.4 is 15.6 Å². The molecule has 2 aromatic heterocycles. The second kappa shape index (κ2) is 7.06. The van der Waals surface area contributed by atoms with Crippen LogP contribution in [0.25, 0.3) is 0 Å². The molecule has 0 spiro atoms. The predicted molar refractivity (Wildman–Crippen MR) is 91.4 cm³/mol. The van der Waals surface area contributed by atoms with Crippen molar-refractivity contribution in [3.05, 3.63) is 58.3 Å². The maximum atomic E-state index is 12.6. The Kier molecular flexibility index (Phi) is 4.85. The van der Waals surface area contributed by atoms with E-state index < -0.39 is 0 Å². The monoisotopic (exact) mass is 343 g/mol. The summed E-state index contributed by atoms with van der Waals surface area (Å²) in [5.41, 5.74) is 0.878. The number of ether oxygens (including phenoxy) is 1. The van der Waals surface area contributed by atoms with Gasteiger partial charge in [0.2, 0.25) is 0 Å². The number of pyridine rings is 2. The van der Waals surface area contributed by atoms with Gasteiger partial charge in [-0.25, -0.2) is 0 Å². The standard InChI is InChI=1S/C18H21N3O4/c1-21-4-3-11(8-16(21)23)18(24)20-17(12-5-14(22)6-12)13-7-15(25-2)10-19-9-13/h3-4,7-10,12,14,17,22H,5-6H2,1-2H3,(H,20,24)/t12?,14?,17-/m1/s1. The summed E-state index contributed by atoms with van der Waals surface area (Å²) in [6, 6.07) is 4.44. The van der Waals surface area contributed by atoms with E-state index in [2.05, 4.69) is 10.3 Å². The van der Waals surface area contributed by atoms with Crippen molar-refractivity contribution in [3.8, 4) is 5.75 Å². The Balaban J connectivity index is 1.85. The fraction of sp³-hybridized carbons (Fsp3) is 0.389. The van der Waals surface area contributed by atoms with E-state index in [0.717, 1.165) is 5.56 Å². The van der Waals surface area contributed by atoms with Crippen molar-refractivity contribution in [1.82, 2.24) is 14.9 Å². The zero-order valence-electron chi connectivity index (χ0n) is 14.2. The van der Waals surface area contributed by atoms with Crippen molar-refractivity contribution in [2.24, 2.45) is 13.0 Å². The Morgan fingerprint density at radius 1 is 1.40 bits per heavy atom. The molecule has 2 heterocycles. The van der Waals surface area contributed by atoms with Crippen molar-refractivity contribution in [1.29, 1.82) is 0 Å². The minimum atomic E-state index is -0.341. The number of hydrogen-bond acceptors (Lipinski definition) is 5. The number of carbonyl (C=O) groups excluding carboxylic acids is 1. The van der Waals surface area contributed by atoms with Crippen molar-refractivity contribution in [2.45, 2.75) is 25.0 Å². The number of carbonyl (C=O) groups is 1. The van der Waals surface area contributed by atoms with Gasteiger partial charge in [-0.1, -0.05) is 0 Å². The van der Waals surface area contributed by atoms with E-state index in [1.807, 2.05) is 6.07 Å². The molecule has 1 atom stereocenters. The van der Waals surface area contributed by atoms with Crippen LogP contribution >= 0.6 is 0 Å². The van der Waals surface area contributed by atoms with Crippen LogP contribution in [-0.2, 0) is 7.05 Å². The SMILES string of the molecule is COc1cncc([C@H](NC(=O)c2ccn(C)c(=O)c2)C2CC(O)C2)c1. The lowest BCUT2D eigenvalue weighted by atomic mass is 9.75. The van der Waals surface area contributed by atoms with Gasteiger partial charge in [-0.05, 0) is 36.5 Å². The fourth-order valence-electron chi connectivity index (χ4n) is 3.01. The van der Waals surface area contributed by atoms with Crippen molar-refractivity contribution < 1.29 is 14.6 Å². The average molecular weight is 343 g/mol. The summed E-state index contributed by atoms with van der Waals surface area (Å²) in [6.07, 6.45) is 5.72. The van der Waals surface area contributed by atoms with Gasteiger partial charge in [0.1, 0.15) is 5.75 Å². The highest BCUT2D eigenvalue weighted by Gasteiger charge is 2.36. The van der Waals surface area contributed by atoms with Crippen LogP contribution in [0.15, 0.2) is 41.6 Å². The number of aliphatic hydroxyl groups excluding tert-OH is 1. The minimum absolute atomic E-state index is 0.111. The van der Waals surface area contributed by atoms with E-state index in [1.165, 1.54) is 10.6 Å². The van der Waals surface area contributed by atoms with Crippen LogP contribution in [0.4, 0.5) is 0 Å². The van der Waals surface area contributed by atoms with Crippen LogP contribution in [0, 0.1) is 5.92 Å². The second-order valence-corrected chi connectivity index (χ2v) is 6.36. The van der Waals surface area contributed by atoms with E-state index in [-0.39, 0.29) is 29.5 Å². The number of nitrogens with one attached hydrogen (secondary N) is 1. The van der Waals surface area contributed by atoms with Crippen LogP contribution in [0.1, 0.15) is 34.8 Å². The van der Waals surface area contributed by atoms with Gasteiger partial charge in [-0.15, -0.1) is 0 Å². The average Bonchev–Trinajstić information content (AvgIpc) is 2.59. The Bertz CT molecular complexity index is 827. The minimum Gasteiger partial charge on any atom is -0.495 e. The molecule has 0 unspecified atom stereocenters. The van der Waals surface area contributed by atoms with E-state index in [0.29, 0.717) is 24.2 Å². The topological polar surface area (TPSA) is 93.5 Å². The maximum Gasteiger partial charge on any atom is 0.252 e. The molecule has 2 aromatic rings. The van der Waals surface area contributed by atoms with Crippen LogP contribution in [0.3, 0.4) is 0 Å². The summed E-state index contributed by atoms with van der Waals surface area (Å²) in [4.78, 5) is 28.5. The summed E-state index contributed by atoms with van der Waals surface area (Å²) in [5, 5.41) is 12.6. The number of rotatable bonds is 5. The van der Waals surface area contributed by atoms with Gasteiger partial charge in [-0.2, -0.15) is 0 Å². The molecule has 3 rings (SSSR count). The van der Waals surface area contributed by atoms with E-state index in [4.69, 9.17) is 4.74 Å². The highest BCUT2D eigenvalue weighted by molar-refractivity contribution is 5.94. The third-order valence-electron chi connectivity index (χ3n) is 4.60. The smallest absolute Gasteiger partial charge is 0.252 e. The molecule has 25 heavy (non-hydrogen) atoms. The quantitative estimate of drug-likeness (QED) is 0.846. The molecule has 0 bridgehead atoms. The van der Waals surface area contributed by atoms with Crippen LogP contribution in [-0.4, -0.2) is 33.8 Å². The molecule has 0 aromatic carbocycles. The first kappa shape index (κ1) is 17.2. The second-order valence-electron chi connectivity index (χ2n) is 6.36. The molecule has 1 saturated carbocycles. The summed E-state index contributed by atoms with van der Waals surface area (Å²) in [5.74, 6) is 0.386. The van der Waals surface area contributed by atoms with Gasteiger partial charge in [0.25, 0.3) is 11.5 Å². The van der Waals surface area contributed by atoms with Crippen molar-refractivity contribution >= 4 is 5.91 Å². The van der Waals surface area contributed by atoms with Gasteiger partial charge in [0, 0.05) is 31.1 Å². The van der Waals surface area contributed by atoms with Gasteiger partial charge < -0.3 is 19.7 Å². The van der Waals surface area contributed by atoms with Crippen molar-refractivity contribution in [2.75, 3.05) is 7.11 Å². The molecule has 2 N–H and O–H groups in total. The highest BCUT2D eigenvalue weighted by Crippen LogP contribution is 2.38. The van der Waals surface area contributed by atoms with E-state index in [9.17, 15) is 14.7 Å². The predicted octanol–water partition coefficient (Wildman–Crippen LogP) is 1.03. The molecule has 0 radical (unpaired) electrons. The third-order valence-corrected chi connectivity index (χ3v) is 4.60. The number of aliphatic hydroxyl groups is 1. The van der Waals surface area contributed by atoms with Crippen molar-refractivity contribution in [3.63, 3.8) is 0 Å². The maximum absolute atomic E-state index is 12.6. The number of aryl methyl sites for hydroxylation is 1. The Morgan fingerprint density at radius 2 is 2.16 bits per heavy atom. The fourth-order valence-corrected chi connectivity index (χ4v) is 3.01. The zero-order valence-corrected chi connectivity index (χ0v) is 14.2. The molecule has 0 saturated heterocycles. The number of methoxy groups -OCH3 is 1. The van der Waals surface area contributed by atoms with E-state index >= 15 is 0 Å². The van der Waals surface area contributed by atoms with Gasteiger partial charge >= 0.3 is 0 Å². The lowest BCUT2D eigenvalue weighted by molar-refractivity contribution is 0.0234. The molecule has 1 aliphatic carbocycles. The highest BCUT2D eigenvalue weighted by atomic mass is 16.5. The summed E-state index contributed by atoms with van der Waals surface area (Å²) < 4.78 is 6.61. The summed E-state index contributed by atoms with van der Waals surface area (Å²) >= 11 is 0. The first-order valence-electron chi connectivity index (χ1n) is 8.12. The Hall–Kier alpha value is -2.67. The summed E-state index contributed by atoms with van der Waals surface area (Å²) in [7, 11) is 3.19. The Morgan fingerprint density at radius 3 is 2.80 bits per heavy atom. The van der Waals surface area contributed by atoms with Crippen LogP contribution in [0.2, 0.25) is 0 Å². The number of amides is 1. The molecular weight excluding hydrogens is 322 g/mol. The van der Waals surface area contributed by atoms with Gasteiger partial charge in [-0.3, -0.25) is 14.6 Å². The molecule has 7 nitrogen and oxygen atoms in total. The Labute approximate surface area is 145 Å². The molecule has 7 heteroatoms. The molecule has 132 valence electrons. The van der Waals surface area contributed by atoms with E-state index in [1.54, 1.807) is 38.8 Å². The normalized spacial score (nSPS) is 20.4. The lowest BCUT2D eigenvalue weighted by Gasteiger charge is -2.38. The molecule has 1 aliphatic rings. The molecule has 1 fully saturated rings. The number of aromatic nitrogens is 2. The first-order valence-corrected chi connectivity index (χ1v) is 8.12. The first-order chi connectivity index (χ1) is 12.0. The number of nitrogens with zero attached hydrogens (tertiary/aromatic N) is 2. The van der Waals surface area contributed by atoms with Crippen LogP contribution in [0.5, 0.6) is 5.75 Å². The summed E-state index contributed by atoms with van der Waals surface area (Å²) in [6.45, 7) is 0. The lowest BCUT2D eigenvalue weighted by Crippen LogP contribution is -2.41. The number of hydrogen-bond donors (Lipinski definition) is 2. The largest absolute Gasteiger partial charge is 0.495 e. The van der Waals surface area contributed by atoms with Gasteiger partial charge in [0.05, 0.1) is 25.5 Å². The zero-order chi connectivity index (χ0) is 18.0.